The summed E-state index contributed by atoms with van der Waals surface area (Å²) in [5.74, 6) is 0. The van der Waals surface area contributed by atoms with Crippen LogP contribution in [0.2, 0.25) is 0 Å². The van der Waals surface area contributed by atoms with Crippen molar-refractivity contribution in [3.63, 3.8) is 0 Å². The van der Waals surface area contributed by atoms with Crippen LogP contribution in [0.1, 0.15) is 6.92 Å². The van der Waals surface area contributed by atoms with E-state index >= 15 is 0 Å². The Bertz CT molecular complexity index is 57.3. The Labute approximate surface area is 57.0 Å². The van der Waals surface area contributed by atoms with Gasteiger partial charge >= 0.3 is 0 Å². The van der Waals surface area contributed by atoms with Crippen LogP contribution in [0.5, 0.6) is 0 Å². The number of nitrogens with zero attached hydrogens (tertiary/aromatic N) is 1. The first-order valence-electron chi connectivity index (χ1n) is 3.34. The number of rotatable bonds is 4. The van der Waals surface area contributed by atoms with Gasteiger partial charge in [0.05, 0.1) is 0 Å². The van der Waals surface area contributed by atoms with E-state index in [4.69, 9.17) is 11.5 Å². The summed E-state index contributed by atoms with van der Waals surface area (Å²) in [7, 11) is 2.04. The first-order chi connectivity index (χ1) is 4.20. The minimum Gasteiger partial charge on any atom is -0.329 e. The van der Waals surface area contributed by atoms with Crippen LogP contribution in [-0.4, -0.2) is 37.6 Å². The van der Waals surface area contributed by atoms with Gasteiger partial charge in [-0.1, -0.05) is 6.92 Å². The average Bonchev–Trinajstić information content (AvgIpc) is 1.87. The van der Waals surface area contributed by atoms with Crippen LogP contribution >= 0.6 is 0 Å². The molecule has 56 valence electrons. The molecule has 4 N–H and O–H groups in total. The molecule has 0 aromatic carbocycles. The quantitative estimate of drug-likeness (QED) is 0.526. The van der Waals surface area contributed by atoms with Crippen LogP contribution in [0, 0.1) is 0 Å². The summed E-state index contributed by atoms with van der Waals surface area (Å²) < 4.78 is 0. The summed E-state index contributed by atoms with van der Waals surface area (Å²) >= 11 is 0. The highest BCUT2D eigenvalue weighted by Gasteiger charge is 2.00. The lowest BCUT2D eigenvalue weighted by molar-refractivity contribution is 0.328. The Hall–Kier alpha value is -0.120. The van der Waals surface area contributed by atoms with Crippen LogP contribution in [0.3, 0.4) is 0 Å². The molecule has 0 aliphatic carbocycles. The Morgan fingerprint density at radius 1 is 1.56 bits per heavy atom. The highest BCUT2D eigenvalue weighted by molar-refractivity contribution is 4.64. The van der Waals surface area contributed by atoms with Crippen molar-refractivity contribution in [3.8, 4) is 0 Å². The molecule has 1 unspecified atom stereocenters. The Kier molecular flexibility index (Phi) is 4.67. The van der Waals surface area contributed by atoms with E-state index in [1.165, 1.54) is 0 Å². The summed E-state index contributed by atoms with van der Waals surface area (Å²) in [6, 6.07) is 0.134. The fourth-order valence-electron chi connectivity index (χ4n) is 0.604. The van der Waals surface area contributed by atoms with E-state index in [1.807, 2.05) is 7.05 Å². The van der Waals surface area contributed by atoms with Gasteiger partial charge < -0.3 is 16.4 Å². The highest BCUT2D eigenvalue weighted by atomic mass is 15.1. The minimum absolute atomic E-state index is 0.134. The maximum Gasteiger partial charge on any atom is 0.0292 e. The van der Waals surface area contributed by atoms with E-state index in [1.54, 1.807) is 0 Å². The van der Waals surface area contributed by atoms with Crippen molar-refractivity contribution >= 4 is 0 Å². The van der Waals surface area contributed by atoms with Gasteiger partial charge in [-0.05, 0) is 13.6 Å². The second-order valence-corrected chi connectivity index (χ2v) is 2.35. The third kappa shape index (κ3) is 4.39. The molecule has 0 heterocycles. The van der Waals surface area contributed by atoms with E-state index in [0.717, 1.165) is 13.1 Å². The van der Waals surface area contributed by atoms with Gasteiger partial charge in [0.25, 0.3) is 0 Å². The first-order valence-corrected chi connectivity index (χ1v) is 3.34. The lowest BCUT2D eigenvalue weighted by Gasteiger charge is -2.17. The Morgan fingerprint density at radius 2 is 2.11 bits per heavy atom. The summed E-state index contributed by atoms with van der Waals surface area (Å²) in [6.45, 7) is 4.61. The first kappa shape index (κ1) is 8.88. The molecular weight excluding hydrogens is 114 g/mol. The van der Waals surface area contributed by atoms with Gasteiger partial charge in [0.2, 0.25) is 0 Å². The maximum absolute atomic E-state index is 5.58. The van der Waals surface area contributed by atoms with Crippen molar-refractivity contribution in [2.45, 2.75) is 13.0 Å². The third-order valence-corrected chi connectivity index (χ3v) is 1.39. The van der Waals surface area contributed by atoms with E-state index < -0.39 is 0 Å². The molecule has 3 heteroatoms. The molecule has 0 saturated carbocycles. The molecule has 0 aliphatic heterocycles. The summed E-state index contributed by atoms with van der Waals surface area (Å²) in [5, 5.41) is 0. The van der Waals surface area contributed by atoms with Crippen LogP contribution < -0.4 is 11.5 Å². The zero-order chi connectivity index (χ0) is 7.28. The summed E-state index contributed by atoms with van der Waals surface area (Å²) in [6.07, 6.45) is 0. The van der Waals surface area contributed by atoms with Crippen molar-refractivity contribution < 1.29 is 0 Å². The van der Waals surface area contributed by atoms with Crippen molar-refractivity contribution in [1.29, 1.82) is 0 Å². The monoisotopic (exact) mass is 131 g/mol. The molecule has 0 rings (SSSR count). The van der Waals surface area contributed by atoms with E-state index in [2.05, 4.69) is 11.8 Å². The second-order valence-electron chi connectivity index (χ2n) is 2.35. The van der Waals surface area contributed by atoms with E-state index in [0.29, 0.717) is 6.54 Å². The van der Waals surface area contributed by atoms with Gasteiger partial charge in [-0.3, -0.25) is 0 Å². The van der Waals surface area contributed by atoms with Gasteiger partial charge in [-0.25, -0.2) is 0 Å². The smallest absolute Gasteiger partial charge is 0.0292 e. The molecule has 9 heavy (non-hydrogen) atoms. The molecule has 0 radical (unpaired) electrons. The second kappa shape index (κ2) is 4.73. The molecule has 3 nitrogen and oxygen atoms in total. The van der Waals surface area contributed by atoms with E-state index in [9.17, 15) is 0 Å². The number of nitrogens with two attached hydrogens (primary N) is 2. The third-order valence-electron chi connectivity index (χ3n) is 1.39. The average molecular weight is 131 g/mol. The van der Waals surface area contributed by atoms with Crippen LogP contribution in [0.25, 0.3) is 0 Å². The molecular formula is C6H17N3. The normalized spacial score (nSPS) is 14.3. The minimum atomic E-state index is 0.134. The van der Waals surface area contributed by atoms with Crippen LogP contribution in [0.15, 0.2) is 0 Å². The molecule has 0 saturated heterocycles. The fraction of sp³-hybridized carbons (Fsp3) is 1.00. The predicted molar refractivity (Wildman–Crippen MR) is 40.2 cm³/mol. The molecule has 0 amide bonds. The zero-order valence-corrected chi connectivity index (χ0v) is 6.30. The number of hydrogen-bond acceptors (Lipinski definition) is 3. The molecule has 0 bridgehead atoms. The van der Waals surface area contributed by atoms with Gasteiger partial charge in [0, 0.05) is 19.1 Å². The van der Waals surface area contributed by atoms with Crippen LogP contribution in [-0.2, 0) is 0 Å². The van der Waals surface area contributed by atoms with Crippen molar-refractivity contribution in [2.24, 2.45) is 11.5 Å². The predicted octanol–water partition coefficient (Wildman–Crippen LogP) is -0.776. The van der Waals surface area contributed by atoms with Gasteiger partial charge in [-0.2, -0.15) is 0 Å². The SMILES string of the molecule is CCN(C)CC(N)CN. The Morgan fingerprint density at radius 3 is 2.44 bits per heavy atom. The Balaban J connectivity index is 3.22. The van der Waals surface area contributed by atoms with Crippen LogP contribution in [0.4, 0.5) is 0 Å². The summed E-state index contributed by atoms with van der Waals surface area (Å²) in [5.41, 5.74) is 10.9. The molecule has 0 spiro atoms. The van der Waals surface area contributed by atoms with Crippen molar-refractivity contribution in [1.82, 2.24) is 4.90 Å². The van der Waals surface area contributed by atoms with Gasteiger partial charge in [-0.15, -0.1) is 0 Å². The largest absolute Gasteiger partial charge is 0.329 e. The van der Waals surface area contributed by atoms with Gasteiger partial charge in [0.1, 0.15) is 0 Å². The number of likely N-dealkylation sites (N-methyl/N-ethyl adjacent to an activating group) is 1. The molecule has 0 aromatic rings. The molecule has 0 aromatic heterocycles. The lowest BCUT2D eigenvalue weighted by Crippen LogP contribution is -2.40. The van der Waals surface area contributed by atoms with Gasteiger partial charge in [0.15, 0.2) is 0 Å². The molecule has 1 atom stereocenters. The van der Waals surface area contributed by atoms with Crippen molar-refractivity contribution in [3.05, 3.63) is 0 Å². The maximum atomic E-state index is 5.58. The zero-order valence-electron chi connectivity index (χ0n) is 6.30. The number of hydrogen-bond donors (Lipinski definition) is 2. The molecule has 0 aliphatic rings. The summed E-state index contributed by atoms with van der Waals surface area (Å²) in [4.78, 5) is 2.15. The molecule has 0 fully saturated rings. The highest BCUT2D eigenvalue weighted by Crippen LogP contribution is 1.82. The fourth-order valence-corrected chi connectivity index (χ4v) is 0.604. The topological polar surface area (TPSA) is 55.3 Å². The van der Waals surface area contributed by atoms with Crippen molar-refractivity contribution in [2.75, 3.05) is 26.7 Å². The lowest BCUT2D eigenvalue weighted by atomic mass is 10.3. The van der Waals surface area contributed by atoms with E-state index in [-0.39, 0.29) is 6.04 Å². The standard InChI is InChI=1S/C6H17N3/c1-3-9(2)5-6(8)4-7/h6H,3-5,7-8H2,1-2H3.